The highest BCUT2D eigenvalue weighted by Crippen LogP contribution is 2.24. The van der Waals surface area contributed by atoms with Gasteiger partial charge in [0, 0.05) is 5.69 Å². The molecule has 1 saturated heterocycles. The molecule has 1 amide bonds. The lowest BCUT2D eigenvalue weighted by Crippen LogP contribution is -2.43. The Morgan fingerprint density at radius 2 is 1.76 bits per heavy atom. The first-order chi connectivity index (χ1) is 13.9. The summed E-state index contributed by atoms with van der Waals surface area (Å²) in [5.74, 6) is -0.510. The third-order valence-electron chi connectivity index (χ3n) is 4.60. The van der Waals surface area contributed by atoms with Gasteiger partial charge in [-0.05, 0) is 49.7 Å². The Morgan fingerprint density at radius 1 is 1.07 bits per heavy atom. The normalized spacial score (nSPS) is 17.5. The second-order valence-corrected chi connectivity index (χ2v) is 8.92. The minimum atomic E-state index is -3.18. The molecule has 0 spiro atoms. The third kappa shape index (κ3) is 5.35. The van der Waals surface area contributed by atoms with E-state index in [4.69, 9.17) is 9.47 Å². The molecule has 154 valence electrons. The first-order valence-electron chi connectivity index (χ1n) is 9.37. The van der Waals surface area contributed by atoms with E-state index < -0.39 is 34.4 Å². The van der Waals surface area contributed by atoms with E-state index in [1.807, 2.05) is 13.0 Å². The topological polar surface area (TPSA) is 90.0 Å². The highest BCUT2D eigenvalue weighted by Gasteiger charge is 2.35. The van der Waals surface area contributed by atoms with Gasteiger partial charge in [0.2, 0.25) is 0 Å². The van der Waals surface area contributed by atoms with E-state index in [-0.39, 0.29) is 11.5 Å². The molecule has 0 aromatic heterocycles. The lowest BCUT2D eigenvalue weighted by atomic mass is 10.2. The molecule has 1 aliphatic rings. The average molecular weight is 417 g/mol. The molecule has 0 radical (unpaired) electrons. The number of hydrogen-bond donors (Lipinski definition) is 0. The van der Waals surface area contributed by atoms with Crippen LogP contribution in [0.3, 0.4) is 0 Å². The summed E-state index contributed by atoms with van der Waals surface area (Å²) in [4.78, 5) is 26.5. The average Bonchev–Trinajstić information content (AvgIpc) is 3.07. The van der Waals surface area contributed by atoms with Crippen LogP contribution in [0.25, 0.3) is 0 Å². The molecule has 0 aliphatic carbocycles. The fraction of sp³-hybridized carbons (Fsp3) is 0.333. The number of ether oxygens (including phenoxy) is 2. The van der Waals surface area contributed by atoms with Crippen LogP contribution in [0.5, 0.6) is 5.75 Å². The quantitative estimate of drug-likeness (QED) is 0.643. The molecule has 0 N–H and O–H groups in total. The number of rotatable bonds is 7. The van der Waals surface area contributed by atoms with Gasteiger partial charge in [-0.2, -0.15) is 0 Å². The number of para-hydroxylation sites is 1. The number of benzene rings is 2. The summed E-state index contributed by atoms with van der Waals surface area (Å²) in [6.07, 6.45) is 0.357. The molecular weight excluding hydrogens is 394 g/mol. The van der Waals surface area contributed by atoms with Crippen LogP contribution in [-0.2, 0) is 19.4 Å². The molecule has 1 atom stereocenters. The predicted octanol–water partition coefficient (Wildman–Crippen LogP) is 2.46. The fourth-order valence-corrected chi connectivity index (χ4v) is 4.96. The zero-order valence-electron chi connectivity index (χ0n) is 16.1. The first kappa shape index (κ1) is 20.9. The highest BCUT2D eigenvalue weighted by molar-refractivity contribution is 7.91. The lowest BCUT2D eigenvalue weighted by Gasteiger charge is -2.28. The molecular formula is C21H23NO6S. The largest absolute Gasteiger partial charge is 0.494 e. The van der Waals surface area contributed by atoms with E-state index in [0.717, 1.165) is 0 Å². The Labute approximate surface area is 170 Å². The fourth-order valence-electron chi connectivity index (χ4n) is 3.26. The summed E-state index contributed by atoms with van der Waals surface area (Å²) in [5.41, 5.74) is 0.882. The number of amides is 1. The van der Waals surface area contributed by atoms with Crippen molar-refractivity contribution in [3.05, 3.63) is 60.2 Å². The van der Waals surface area contributed by atoms with E-state index in [1.54, 1.807) is 48.5 Å². The second-order valence-electron chi connectivity index (χ2n) is 6.69. The molecule has 29 heavy (non-hydrogen) atoms. The summed E-state index contributed by atoms with van der Waals surface area (Å²) in [6.45, 7) is 1.91. The SMILES string of the molecule is CCOc1ccc(C(=O)OCC(=O)N(c2ccccc2)[C@@H]2CCS(=O)(=O)C2)cc1. The highest BCUT2D eigenvalue weighted by atomic mass is 32.2. The maximum absolute atomic E-state index is 12.9. The van der Waals surface area contributed by atoms with Crippen LogP contribution in [0.2, 0.25) is 0 Å². The van der Waals surface area contributed by atoms with E-state index in [0.29, 0.717) is 30.0 Å². The summed E-state index contributed by atoms with van der Waals surface area (Å²) in [6, 6.07) is 14.8. The molecule has 3 rings (SSSR count). The number of carbonyl (C=O) groups excluding carboxylic acids is 2. The van der Waals surface area contributed by atoms with Crippen LogP contribution in [0.15, 0.2) is 54.6 Å². The van der Waals surface area contributed by atoms with E-state index in [9.17, 15) is 18.0 Å². The Kier molecular flexibility index (Phi) is 6.53. The van der Waals surface area contributed by atoms with Gasteiger partial charge in [0.25, 0.3) is 5.91 Å². The number of sulfone groups is 1. The van der Waals surface area contributed by atoms with Gasteiger partial charge in [0.15, 0.2) is 16.4 Å². The zero-order valence-corrected chi connectivity index (χ0v) is 16.9. The minimum absolute atomic E-state index is 0.0419. The summed E-state index contributed by atoms with van der Waals surface area (Å²) >= 11 is 0. The van der Waals surface area contributed by atoms with Crippen molar-refractivity contribution in [1.82, 2.24) is 0 Å². The van der Waals surface area contributed by atoms with Crippen molar-refractivity contribution < 1.29 is 27.5 Å². The zero-order chi connectivity index (χ0) is 20.9. The molecule has 1 aliphatic heterocycles. The smallest absolute Gasteiger partial charge is 0.338 e. The molecule has 1 fully saturated rings. The Hall–Kier alpha value is -2.87. The summed E-state index contributed by atoms with van der Waals surface area (Å²) in [5, 5.41) is 0. The molecule has 0 bridgehead atoms. The number of esters is 1. The van der Waals surface area contributed by atoms with Crippen molar-refractivity contribution in [2.24, 2.45) is 0 Å². The molecule has 1 heterocycles. The summed E-state index contributed by atoms with van der Waals surface area (Å²) < 4.78 is 34.3. The number of anilines is 1. The van der Waals surface area contributed by atoms with E-state index in [1.165, 1.54) is 4.90 Å². The van der Waals surface area contributed by atoms with Gasteiger partial charge in [0.05, 0.1) is 29.7 Å². The molecule has 7 nitrogen and oxygen atoms in total. The van der Waals surface area contributed by atoms with Crippen LogP contribution in [-0.4, -0.2) is 51.1 Å². The second kappa shape index (κ2) is 9.09. The first-order valence-corrected chi connectivity index (χ1v) is 11.2. The maximum Gasteiger partial charge on any atom is 0.338 e. The number of hydrogen-bond acceptors (Lipinski definition) is 6. The summed E-state index contributed by atoms with van der Waals surface area (Å²) in [7, 11) is -3.18. The Balaban J connectivity index is 1.69. The van der Waals surface area contributed by atoms with E-state index >= 15 is 0 Å². The maximum atomic E-state index is 12.9. The molecule has 8 heteroatoms. The van der Waals surface area contributed by atoms with Crippen LogP contribution < -0.4 is 9.64 Å². The molecule has 2 aromatic rings. The van der Waals surface area contributed by atoms with Gasteiger partial charge in [-0.1, -0.05) is 18.2 Å². The van der Waals surface area contributed by atoms with Crippen molar-refractivity contribution in [2.75, 3.05) is 29.6 Å². The van der Waals surface area contributed by atoms with Crippen LogP contribution >= 0.6 is 0 Å². The Bertz CT molecular complexity index is 956. The monoisotopic (exact) mass is 417 g/mol. The number of nitrogens with zero attached hydrogens (tertiary/aromatic N) is 1. The number of carbonyl (C=O) groups is 2. The lowest BCUT2D eigenvalue weighted by molar-refractivity contribution is -0.122. The standard InChI is InChI=1S/C21H23NO6S/c1-2-27-19-10-8-16(9-11-19)21(24)28-14-20(23)22(17-6-4-3-5-7-17)18-12-13-29(25,26)15-18/h3-11,18H,2,12-15H2,1H3/t18-/m1/s1. The Morgan fingerprint density at radius 3 is 2.34 bits per heavy atom. The molecule has 0 saturated carbocycles. The van der Waals surface area contributed by atoms with Gasteiger partial charge in [-0.25, -0.2) is 13.2 Å². The van der Waals surface area contributed by atoms with Crippen LogP contribution in [0.1, 0.15) is 23.7 Å². The third-order valence-corrected chi connectivity index (χ3v) is 6.35. The van der Waals surface area contributed by atoms with E-state index in [2.05, 4.69) is 0 Å². The molecule has 2 aromatic carbocycles. The van der Waals surface area contributed by atoms with Gasteiger partial charge >= 0.3 is 5.97 Å². The van der Waals surface area contributed by atoms with Gasteiger partial charge in [0.1, 0.15) is 5.75 Å². The molecule has 0 unspecified atom stereocenters. The van der Waals surface area contributed by atoms with Crippen molar-refractivity contribution in [2.45, 2.75) is 19.4 Å². The minimum Gasteiger partial charge on any atom is -0.494 e. The van der Waals surface area contributed by atoms with Crippen molar-refractivity contribution in [3.8, 4) is 5.75 Å². The predicted molar refractivity (Wildman–Crippen MR) is 109 cm³/mol. The van der Waals surface area contributed by atoms with Crippen molar-refractivity contribution >= 4 is 27.4 Å². The van der Waals surface area contributed by atoms with Crippen molar-refractivity contribution in [3.63, 3.8) is 0 Å². The van der Waals surface area contributed by atoms with Gasteiger partial charge in [-0.15, -0.1) is 0 Å². The van der Waals surface area contributed by atoms with Crippen LogP contribution in [0.4, 0.5) is 5.69 Å². The van der Waals surface area contributed by atoms with Gasteiger partial charge < -0.3 is 14.4 Å². The van der Waals surface area contributed by atoms with Crippen molar-refractivity contribution in [1.29, 1.82) is 0 Å². The van der Waals surface area contributed by atoms with Crippen LogP contribution in [0, 0.1) is 0 Å². The van der Waals surface area contributed by atoms with Gasteiger partial charge in [-0.3, -0.25) is 4.79 Å².